The molecule has 5 rings (SSSR count). The van der Waals surface area contributed by atoms with Gasteiger partial charge in [-0.2, -0.15) is 0 Å². The van der Waals surface area contributed by atoms with Gasteiger partial charge in [-0.1, -0.05) is 65.2 Å². The van der Waals surface area contributed by atoms with Crippen LogP contribution in [0.25, 0.3) is 27.0 Å². The first-order chi connectivity index (χ1) is 15.3. The third-order valence-electron chi connectivity index (χ3n) is 5.68. The Morgan fingerprint density at radius 2 is 1.75 bits per heavy atom. The summed E-state index contributed by atoms with van der Waals surface area (Å²) in [5.41, 5.74) is 5.79. The standard InChI is InChI=1S/C25H18Cl2N2OS2/c1-14-7-8-15(2)17(11-14)13-28-23-22(16-9-10-19(26)20(27)12-16)32-25(31)29(23)21-6-4-3-5-18(21)24(28)30/h3-12H,13H2,1-2H3. The molecule has 0 atom stereocenters. The molecule has 160 valence electrons. The fourth-order valence-corrected chi connectivity index (χ4v) is 5.75. The molecule has 5 aromatic rings. The van der Waals surface area contributed by atoms with Crippen molar-refractivity contribution >= 4 is 63.3 Å². The number of hydrogen-bond donors (Lipinski definition) is 0. The van der Waals surface area contributed by atoms with Crippen LogP contribution in [0.4, 0.5) is 0 Å². The van der Waals surface area contributed by atoms with Crippen molar-refractivity contribution in [1.29, 1.82) is 0 Å². The quantitative estimate of drug-likeness (QED) is 0.239. The van der Waals surface area contributed by atoms with Gasteiger partial charge in [-0.05, 0) is 67.0 Å². The first-order valence-corrected chi connectivity index (χ1v) is 12.0. The van der Waals surface area contributed by atoms with Crippen molar-refractivity contribution in [3.05, 3.63) is 102 Å². The van der Waals surface area contributed by atoms with Crippen LogP contribution in [0.2, 0.25) is 10.0 Å². The summed E-state index contributed by atoms with van der Waals surface area (Å²) in [4.78, 5) is 14.6. The smallest absolute Gasteiger partial charge is 0.261 e. The van der Waals surface area contributed by atoms with Gasteiger partial charge >= 0.3 is 0 Å². The van der Waals surface area contributed by atoms with E-state index in [1.807, 2.05) is 45.4 Å². The van der Waals surface area contributed by atoms with Gasteiger partial charge in [0.25, 0.3) is 5.56 Å². The van der Waals surface area contributed by atoms with Gasteiger partial charge in [0.15, 0.2) is 3.95 Å². The molecule has 0 aliphatic heterocycles. The maximum absolute atomic E-state index is 13.7. The summed E-state index contributed by atoms with van der Waals surface area (Å²) in [6.45, 7) is 4.57. The van der Waals surface area contributed by atoms with Gasteiger partial charge < -0.3 is 0 Å². The lowest BCUT2D eigenvalue weighted by Crippen LogP contribution is -2.24. The van der Waals surface area contributed by atoms with Crippen molar-refractivity contribution in [2.75, 3.05) is 0 Å². The van der Waals surface area contributed by atoms with Gasteiger partial charge in [-0.15, -0.1) is 11.3 Å². The van der Waals surface area contributed by atoms with Crippen molar-refractivity contribution in [2.45, 2.75) is 20.4 Å². The van der Waals surface area contributed by atoms with E-state index in [4.69, 9.17) is 35.4 Å². The first kappa shape index (κ1) is 21.4. The molecule has 3 aromatic carbocycles. The van der Waals surface area contributed by atoms with Crippen LogP contribution in [-0.2, 0) is 6.54 Å². The number of benzene rings is 3. The molecule has 0 aliphatic rings. The molecular formula is C25H18Cl2N2OS2. The lowest BCUT2D eigenvalue weighted by Gasteiger charge is -2.15. The Hall–Kier alpha value is -2.44. The Morgan fingerprint density at radius 1 is 0.969 bits per heavy atom. The van der Waals surface area contributed by atoms with Crippen LogP contribution in [0.1, 0.15) is 16.7 Å². The van der Waals surface area contributed by atoms with Gasteiger partial charge in [-0.25, -0.2) is 0 Å². The van der Waals surface area contributed by atoms with Gasteiger partial charge in [0.2, 0.25) is 0 Å². The minimum atomic E-state index is -0.0457. The number of fused-ring (bicyclic) bond motifs is 3. The Bertz CT molecular complexity index is 1650. The van der Waals surface area contributed by atoms with Gasteiger partial charge in [-0.3, -0.25) is 13.8 Å². The zero-order chi connectivity index (χ0) is 22.6. The molecule has 0 N–H and O–H groups in total. The highest BCUT2D eigenvalue weighted by atomic mass is 35.5. The van der Waals surface area contributed by atoms with Crippen LogP contribution in [0.3, 0.4) is 0 Å². The molecule has 0 spiro atoms. The highest BCUT2D eigenvalue weighted by Gasteiger charge is 2.19. The first-order valence-electron chi connectivity index (χ1n) is 10.0. The van der Waals surface area contributed by atoms with Crippen molar-refractivity contribution in [1.82, 2.24) is 8.97 Å². The third kappa shape index (κ3) is 3.50. The van der Waals surface area contributed by atoms with E-state index in [0.717, 1.165) is 38.3 Å². The van der Waals surface area contributed by atoms with E-state index < -0.39 is 0 Å². The lowest BCUT2D eigenvalue weighted by molar-refractivity contribution is 0.775. The second-order valence-electron chi connectivity index (χ2n) is 7.82. The highest BCUT2D eigenvalue weighted by molar-refractivity contribution is 7.73. The van der Waals surface area contributed by atoms with E-state index in [9.17, 15) is 4.79 Å². The van der Waals surface area contributed by atoms with E-state index in [0.29, 0.717) is 25.9 Å². The minimum absolute atomic E-state index is 0.0457. The molecule has 0 saturated carbocycles. The van der Waals surface area contributed by atoms with Crippen LogP contribution < -0.4 is 5.56 Å². The Labute approximate surface area is 204 Å². The highest BCUT2D eigenvalue weighted by Crippen LogP contribution is 2.36. The molecule has 0 unspecified atom stereocenters. The topological polar surface area (TPSA) is 26.4 Å². The zero-order valence-corrected chi connectivity index (χ0v) is 20.5. The molecule has 0 amide bonds. The van der Waals surface area contributed by atoms with Crippen molar-refractivity contribution < 1.29 is 0 Å². The van der Waals surface area contributed by atoms with E-state index in [2.05, 4.69) is 32.0 Å². The monoisotopic (exact) mass is 496 g/mol. The summed E-state index contributed by atoms with van der Waals surface area (Å²) in [5, 5.41) is 1.59. The predicted molar refractivity (Wildman–Crippen MR) is 138 cm³/mol. The summed E-state index contributed by atoms with van der Waals surface area (Å²) < 4.78 is 4.50. The largest absolute Gasteiger partial charge is 0.288 e. The lowest BCUT2D eigenvalue weighted by atomic mass is 10.1. The molecule has 0 aliphatic carbocycles. The number of rotatable bonds is 3. The number of halogens is 2. The second-order valence-corrected chi connectivity index (χ2v) is 10.3. The predicted octanol–water partition coefficient (Wildman–Crippen LogP) is 7.68. The third-order valence-corrected chi connectivity index (χ3v) is 7.83. The molecule has 7 heteroatoms. The summed E-state index contributed by atoms with van der Waals surface area (Å²) in [7, 11) is 0. The number of aromatic nitrogens is 2. The van der Waals surface area contributed by atoms with Gasteiger partial charge in [0.05, 0.1) is 32.4 Å². The molecule has 0 fully saturated rings. The average molecular weight is 497 g/mol. The molecule has 0 saturated heterocycles. The van der Waals surface area contributed by atoms with Crippen molar-refractivity contribution in [3.8, 4) is 10.4 Å². The normalized spacial score (nSPS) is 11.5. The van der Waals surface area contributed by atoms with Crippen molar-refractivity contribution in [3.63, 3.8) is 0 Å². The number of para-hydroxylation sites is 1. The second kappa shape index (κ2) is 8.16. The van der Waals surface area contributed by atoms with Crippen LogP contribution in [-0.4, -0.2) is 8.97 Å². The van der Waals surface area contributed by atoms with Crippen LogP contribution in [0.5, 0.6) is 0 Å². The maximum Gasteiger partial charge on any atom is 0.261 e. The molecular weight excluding hydrogens is 479 g/mol. The van der Waals surface area contributed by atoms with Crippen LogP contribution in [0.15, 0.2) is 65.5 Å². The average Bonchev–Trinajstić information content (AvgIpc) is 3.12. The molecule has 0 radical (unpaired) electrons. The van der Waals surface area contributed by atoms with Gasteiger partial charge in [0.1, 0.15) is 5.65 Å². The Balaban J connectivity index is 1.91. The summed E-state index contributed by atoms with van der Waals surface area (Å²) >= 11 is 19.7. The van der Waals surface area contributed by atoms with E-state index >= 15 is 0 Å². The number of thiazole rings is 1. The fraction of sp³-hybridized carbons (Fsp3) is 0.120. The molecule has 0 bridgehead atoms. The van der Waals surface area contributed by atoms with Gasteiger partial charge in [0, 0.05) is 0 Å². The SMILES string of the molecule is Cc1ccc(C)c(Cn2c(=O)c3ccccc3n3c(=S)sc(-c4ccc(Cl)c(Cl)c4)c23)c1. The van der Waals surface area contributed by atoms with E-state index in [1.165, 1.54) is 11.3 Å². The molecule has 3 nitrogen and oxygen atoms in total. The van der Waals surface area contributed by atoms with E-state index in [-0.39, 0.29) is 5.56 Å². The Morgan fingerprint density at radius 3 is 2.53 bits per heavy atom. The summed E-state index contributed by atoms with van der Waals surface area (Å²) in [5.74, 6) is 0. The Kier molecular flexibility index (Phi) is 5.46. The number of nitrogens with zero attached hydrogens (tertiary/aromatic N) is 2. The minimum Gasteiger partial charge on any atom is -0.288 e. The summed E-state index contributed by atoms with van der Waals surface area (Å²) in [6.07, 6.45) is 0. The van der Waals surface area contributed by atoms with Crippen LogP contribution >= 0.6 is 46.8 Å². The van der Waals surface area contributed by atoms with E-state index in [1.54, 1.807) is 6.07 Å². The number of aryl methyl sites for hydroxylation is 2. The summed E-state index contributed by atoms with van der Waals surface area (Å²) in [6, 6.07) is 19.4. The molecule has 2 heterocycles. The fourth-order valence-electron chi connectivity index (χ4n) is 4.03. The number of hydrogen-bond acceptors (Lipinski definition) is 3. The molecule has 32 heavy (non-hydrogen) atoms. The van der Waals surface area contributed by atoms with Crippen molar-refractivity contribution in [2.24, 2.45) is 0 Å². The van der Waals surface area contributed by atoms with Crippen LogP contribution in [0, 0.1) is 17.8 Å². The maximum atomic E-state index is 13.7. The molecule has 2 aromatic heterocycles. The zero-order valence-electron chi connectivity index (χ0n) is 17.4.